The van der Waals surface area contributed by atoms with Crippen molar-refractivity contribution in [2.45, 2.75) is 32.7 Å². The SMILES string of the molecule is CCCC(NCC)c1cncnc1. The van der Waals surface area contributed by atoms with Crippen molar-refractivity contribution in [2.75, 3.05) is 6.54 Å². The van der Waals surface area contributed by atoms with E-state index < -0.39 is 0 Å². The minimum Gasteiger partial charge on any atom is -0.310 e. The highest BCUT2D eigenvalue weighted by Crippen LogP contribution is 2.15. The molecule has 0 aliphatic carbocycles. The molecule has 0 spiro atoms. The third-order valence-corrected chi connectivity index (χ3v) is 2.01. The Kier molecular flexibility index (Phi) is 4.40. The van der Waals surface area contributed by atoms with Crippen LogP contribution in [0.25, 0.3) is 0 Å². The number of aromatic nitrogens is 2. The molecule has 3 heteroatoms. The summed E-state index contributed by atoms with van der Waals surface area (Å²) < 4.78 is 0. The third kappa shape index (κ3) is 3.11. The van der Waals surface area contributed by atoms with Crippen LogP contribution in [0.4, 0.5) is 0 Å². The summed E-state index contributed by atoms with van der Waals surface area (Å²) in [6.45, 7) is 5.29. The molecule has 0 radical (unpaired) electrons. The Balaban J connectivity index is 2.64. The van der Waals surface area contributed by atoms with Gasteiger partial charge in [0.2, 0.25) is 0 Å². The maximum atomic E-state index is 4.02. The quantitative estimate of drug-likeness (QED) is 0.750. The topological polar surface area (TPSA) is 37.8 Å². The lowest BCUT2D eigenvalue weighted by Gasteiger charge is -2.16. The van der Waals surface area contributed by atoms with Crippen LogP contribution in [0.5, 0.6) is 0 Å². The molecular formula is C10H17N3. The van der Waals surface area contributed by atoms with Gasteiger partial charge in [-0.3, -0.25) is 0 Å². The van der Waals surface area contributed by atoms with E-state index in [0.29, 0.717) is 6.04 Å². The van der Waals surface area contributed by atoms with Crippen molar-refractivity contribution >= 4 is 0 Å². The van der Waals surface area contributed by atoms with E-state index in [1.165, 1.54) is 12.0 Å². The van der Waals surface area contributed by atoms with Crippen molar-refractivity contribution < 1.29 is 0 Å². The largest absolute Gasteiger partial charge is 0.310 e. The zero-order valence-corrected chi connectivity index (χ0v) is 8.33. The van der Waals surface area contributed by atoms with Gasteiger partial charge in [0.15, 0.2) is 0 Å². The Bertz CT molecular complexity index is 217. The standard InChI is InChI=1S/C10H17N3/c1-3-5-10(13-4-2)9-6-11-8-12-7-9/h6-8,10,13H,3-5H2,1-2H3. The highest BCUT2D eigenvalue weighted by atomic mass is 14.9. The molecule has 1 N–H and O–H groups in total. The Morgan fingerprint density at radius 2 is 2.00 bits per heavy atom. The second-order valence-electron chi connectivity index (χ2n) is 3.07. The average Bonchev–Trinajstić information content (AvgIpc) is 2.19. The monoisotopic (exact) mass is 179 g/mol. The van der Waals surface area contributed by atoms with Crippen LogP contribution in [-0.4, -0.2) is 16.5 Å². The fourth-order valence-corrected chi connectivity index (χ4v) is 1.41. The molecule has 0 aromatic carbocycles. The van der Waals surface area contributed by atoms with Gasteiger partial charge in [-0.15, -0.1) is 0 Å². The first-order chi connectivity index (χ1) is 6.38. The summed E-state index contributed by atoms with van der Waals surface area (Å²) >= 11 is 0. The van der Waals surface area contributed by atoms with Gasteiger partial charge in [-0.1, -0.05) is 20.3 Å². The van der Waals surface area contributed by atoms with Gasteiger partial charge in [-0.25, -0.2) is 9.97 Å². The molecule has 1 aromatic rings. The van der Waals surface area contributed by atoms with Crippen LogP contribution in [-0.2, 0) is 0 Å². The maximum absolute atomic E-state index is 4.02. The van der Waals surface area contributed by atoms with Crippen LogP contribution in [0.2, 0.25) is 0 Å². The average molecular weight is 179 g/mol. The van der Waals surface area contributed by atoms with Crippen molar-refractivity contribution in [2.24, 2.45) is 0 Å². The van der Waals surface area contributed by atoms with Crippen molar-refractivity contribution in [1.29, 1.82) is 0 Å². The van der Waals surface area contributed by atoms with E-state index in [2.05, 4.69) is 29.1 Å². The van der Waals surface area contributed by atoms with E-state index in [1.807, 2.05) is 12.4 Å². The number of hydrogen-bond donors (Lipinski definition) is 1. The minimum atomic E-state index is 0.413. The van der Waals surface area contributed by atoms with Crippen LogP contribution in [0, 0.1) is 0 Å². The van der Waals surface area contributed by atoms with Gasteiger partial charge in [0.1, 0.15) is 6.33 Å². The third-order valence-electron chi connectivity index (χ3n) is 2.01. The molecule has 0 amide bonds. The van der Waals surface area contributed by atoms with Gasteiger partial charge in [0, 0.05) is 24.0 Å². The second kappa shape index (κ2) is 5.65. The lowest BCUT2D eigenvalue weighted by atomic mass is 10.1. The number of nitrogens with zero attached hydrogens (tertiary/aromatic N) is 2. The van der Waals surface area contributed by atoms with Crippen molar-refractivity contribution in [3.8, 4) is 0 Å². The number of hydrogen-bond acceptors (Lipinski definition) is 3. The molecular weight excluding hydrogens is 162 g/mol. The molecule has 1 heterocycles. The minimum absolute atomic E-state index is 0.413. The van der Waals surface area contributed by atoms with Gasteiger partial charge in [0.25, 0.3) is 0 Å². The van der Waals surface area contributed by atoms with E-state index in [9.17, 15) is 0 Å². The van der Waals surface area contributed by atoms with Gasteiger partial charge < -0.3 is 5.32 Å². The van der Waals surface area contributed by atoms with Crippen LogP contribution in [0.3, 0.4) is 0 Å². The lowest BCUT2D eigenvalue weighted by Crippen LogP contribution is -2.20. The first-order valence-electron chi connectivity index (χ1n) is 4.86. The predicted molar refractivity (Wildman–Crippen MR) is 53.4 cm³/mol. The van der Waals surface area contributed by atoms with Crippen LogP contribution >= 0.6 is 0 Å². The van der Waals surface area contributed by atoms with E-state index >= 15 is 0 Å². The fraction of sp³-hybridized carbons (Fsp3) is 0.600. The molecule has 13 heavy (non-hydrogen) atoms. The molecule has 1 unspecified atom stereocenters. The van der Waals surface area contributed by atoms with E-state index in [1.54, 1.807) is 6.33 Å². The van der Waals surface area contributed by atoms with E-state index in [4.69, 9.17) is 0 Å². The molecule has 0 bridgehead atoms. The Labute approximate surface area is 79.6 Å². The molecule has 0 fully saturated rings. The van der Waals surface area contributed by atoms with Gasteiger partial charge in [-0.2, -0.15) is 0 Å². The highest BCUT2D eigenvalue weighted by Gasteiger charge is 2.08. The summed E-state index contributed by atoms with van der Waals surface area (Å²) in [7, 11) is 0. The summed E-state index contributed by atoms with van der Waals surface area (Å²) in [5.41, 5.74) is 1.19. The Morgan fingerprint density at radius 3 is 2.54 bits per heavy atom. The van der Waals surface area contributed by atoms with Crippen molar-refractivity contribution in [1.82, 2.24) is 15.3 Å². The van der Waals surface area contributed by atoms with Crippen LogP contribution in [0.15, 0.2) is 18.7 Å². The second-order valence-corrected chi connectivity index (χ2v) is 3.07. The van der Waals surface area contributed by atoms with Gasteiger partial charge in [-0.05, 0) is 13.0 Å². The highest BCUT2D eigenvalue weighted by molar-refractivity contribution is 5.08. The molecule has 1 aromatic heterocycles. The summed E-state index contributed by atoms with van der Waals surface area (Å²) in [4.78, 5) is 8.04. The fourth-order valence-electron chi connectivity index (χ4n) is 1.41. The van der Waals surface area contributed by atoms with Gasteiger partial charge >= 0.3 is 0 Å². The molecule has 0 saturated carbocycles. The molecule has 1 rings (SSSR count). The first kappa shape index (κ1) is 10.1. The summed E-state index contributed by atoms with van der Waals surface area (Å²) in [5.74, 6) is 0. The molecule has 0 aliphatic rings. The zero-order chi connectivity index (χ0) is 9.52. The lowest BCUT2D eigenvalue weighted by molar-refractivity contribution is 0.506. The maximum Gasteiger partial charge on any atom is 0.115 e. The first-order valence-corrected chi connectivity index (χ1v) is 4.86. The predicted octanol–water partition coefficient (Wildman–Crippen LogP) is 1.93. The number of rotatable bonds is 5. The van der Waals surface area contributed by atoms with Crippen LogP contribution < -0.4 is 5.32 Å². The molecule has 3 nitrogen and oxygen atoms in total. The summed E-state index contributed by atoms with van der Waals surface area (Å²) in [6.07, 6.45) is 7.65. The van der Waals surface area contributed by atoms with Crippen molar-refractivity contribution in [3.05, 3.63) is 24.3 Å². The summed E-state index contributed by atoms with van der Waals surface area (Å²) in [6, 6.07) is 0.413. The molecule has 0 saturated heterocycles. The Morgan fingerprint density at radius 1 is 1.31 bits per heavy atom. The van der Waals surface area contributed by atoms with Crippen molar-refractivity contribution in [3.63, 3.8) is 0 Å². The van der Waals surface area contributed by atoms with Crippen LogP contribution in [0.1, 0.15) is 38.3 Å². The normalized spacial score (nSPS) is 12.8. The zero-order valence-electron chi connectivity index (χ0n) is 8.33. The molecule has 0 aliphatic heterocycles. The molecule has 72 valence electrons. The summed E-state index contributed by atoms with van der Waals surface area (Å²) in [5, 5.41) is 3.42. The molecule has 1 atom stereocenters. The van der Waals surface area contributed by atoms with E-state index in [0.717, 1.165) is 13.0 Å². The van der Waals surface area contributed by atoms with E-state index in [-0.39, 0.29) is 0 Å². The van der Waals surface area contributed by atoms with Gasteiger partial charge in [0.05, 0.1) is 0 Å². The smallest absolute Gasteiger partial charge is 0.115 e. The Hall–Kier alpha value is -0.960. The number of nitrogens with one attached hydrogen (secondary N) is 1.